The normalized spacial score (nSPS) is 15.8. The molecule has 0 fully saturated rings. The Morgan fingerprint density at radius 2 is 2.06 bits per heavy atom. The summed E-state index contributed by atoms with van der Waals surface area (Å²) in [6, 6.07) is 9.86. The second kappa shape index (κ2) is 6.34. The summed E-state index contributed by atoms with van der Waals surface area (Å²) in [4.78, 5) is 4.89. The van der Waals surface area contributed by atoms with Crippen LogP contribution in [0, 0.1) is 0 Å². The smallest absolute Gasteiger partial charge is 0.229 e. The van der Waals surface area contributed by atoms with Crippen molar-refractivity contribution < 1.29 is 9.94 Å². The van der Waals surface area contributed by atoms with Crippen molar-refractivity contribution in [1.82, 2.24) is 10.6 Å². The van der Waals surface area contributed by atoms with Gasteiger partial charge in [0.2, 0.25) is 5.88 Å². The van der Waals surface area contributed by atoms with Crippen LogP contribution in [-0.2, 0) is 11.3 Å². The highest BCUT2D eigenvalue weighted by molar-refractivity contribution is 5.85. The van der Waals surface area contributed by atoms with Gasteiger partial charge >= 0.3 is 0 Å². The molecule has 94 valence electrons. The second-order valence-electron chi connectivity index (χ2n) is 3.66. The number of hydrogen-bond acceptors (Lipinski definition) is 5. The molecular formula is C11H16ClN3O2. The van der Waals surface area contributed by atoms with Gasteiger partial charge < -0.3 is 15.7 Å². The lowest BCUT2D eigenvalue weighted by Gasteiger charge is -2.23. The van der Waals surface area contributed by atoms with Crippen molar-refractivity contribution in [3.63, 3.8) is 0 Å². The lowest BCUT2D eigenvalue weighted by molar-refractivity contribution is -0.0149. The first kappa shape index (κ1) is 13.6. The minimum atomic E-state index is -0.0940. The van der Waals surface area contributed by atoms with Gasteiger partial charge in [-0.25, -0.2) is 0 Å². The van der Waals surface area contributed by atoms with Gasteiger partial charge in [-0.1, -0.05) is 35.9 Å². The third kappa shape index (κ3) is 3.52. The Balaban J connectivity index is 0.00000144. The number of benzene rings is 1. The predicted molar refractivity (Wildman–Crippen MR) is 66.6 cm³/mol. The minimum Gasteiger partial charge on any atom is -0.394 e. The molecule has 0 saturated carbocycles. The van der Waals surface area contributed by atoms with Gasteiger partial charge in [0, 0.05) is 0 Å². The van der Waals surface area contributed by atoms with Gasteiger partial charge in [0.25, 0.3) is 0 Å². The molecule has 0 aromatic heterocycles. The highest BCUT2D eigenvalue weighted by Gasteiger charge is 2.20. The number of nitrogens with two attached hydrogens (primary N) is 1. The molecule has 0 spiro atoms. The summed E-state index contributed by atoms with van der Waals surface area (Å²) in [6.07, 6.45) is 2.35. The van der Waals surface area contributed by atoms with Gasteiger partial charge in [-0.15, -0.1) is 12.4 Å². The van der Waals surface area contributed by atoms with E-state index in [2.05, 4.69) is 5.59 Å². The number of halogens is 1. The summed E-state index contributed by atoms with van der Waals surface area (Å²) < 4.78 is 0. The van der Waals surface area contributed by atoms with Crippen LogP contribution in [0.4, 0.5) is 0 Å². The zero-order valence-electron chi connectivity index (χ0n) is 9.24. The lowest BCUT2D eigenvalue weighted by atomic mass is 10.1. The van der Waals surface area contributed by atoms with Crippen LogP contribution in [-0.4, -0.2) is 22.8 Å². The maximum absolute atomic E-state index is 9.33. The summed E-state index contributed by atoms with van der Waals surface area (Å²) in [5, 5.41) is 11.0. The zero-order valence-corrected chi connectivity index (χ0v) is 10.1. The van der Waals surface area contributed by atoms with Crippen LogP contribution in [0.25, 0.3) is 0 Å². The van der Waals surface area contributed by atoms with Gasteiger partial charge in [0.1, 0.15) is 0 Å². The SMILES string of the molecule is Cl.NC1=CN(C(CO)Cc2ccccc2)NO1. The first-order valence-electron chi connectivity index (χ1n) is 5.12. The number of aliphatic hydroxyl groups excluding tert-OH is 1. The molecule has 1 aliphatic rings. The van der Waals surface area contributed by atoms with Crippen molar-refractivity contribution in [3.05, 3.63) is 48.0 Å². The number of nitrogens with one attached hydrogen (secondary N) is 1. The molecule has 4 N–H and O–H groups in total. The molecule has 0 aliphatic carbocycles. The Kier molecular flexibility index (Phi) is 5.09. The van der Waals surface area contributed by atoms with Crippen molar-refractivity contribution in [1.29, 1.82) is 0 Å². The fraction of sp³-hybridized carbons (Fsp3) is 0.273. The Hall–Kier alpha value is -1.43. The molecule has 1 aromatic rings. The Morgan fingerprint density at radius 3 is 2.59 bits per heavy atom. The lowest BCUT2D eigenvalue weighted by Crippen LogP contribution is -2.41. The van der Waals surface area contributed by atoms with Crippen LogP contribution in [0.3, 0.4) is 0 Å². The topological polar surface area (TPSA) is 70.8 Å². The number of rotatable bonds is 4. The molecule has 2 rings (SSSR count). The standard InChI is InChI=1S/C11H15N3O2.ClH/c12-11-7-14(13-16-11)10(8-15)6-9-4-2-1-3-5-9;/h1-5,7,10,13,15H,6,8,12H2;1H. The van der Waals surface area contributed by atoms with E-state index < -0.39 is 0 Å². The summed E-state index contributed by atoms with van der Waals surface area (Å²) in [7, 11) is 0. The fourth-order valence-corrected chi connectivity index (χ4v) is 1.61. The van der Waals surface area contributed by atoms with Crippen LogP contribution >= 0.6 is 12.4 Å². The van der Waals surface area contributed by atoms with Crippen LogP contribution < -0.4 is 11.3 Å². The van der Waals surface area contributed by atoms with Gasteiger partial charge in [-0.3, -0.25) is 5.01 Å². The number of hydrazine groups is 1. The quantitative estimate of drug-likeness (QED) is 0.734. The first-order chi connectivity index (χ1) is 7.79. The van der Waals surface area contributed by atoms with Crippen molar-refractivity contribution >= 4 is 12.4 Å². The largest absolute Gasteiger partial charge is 0.394 e. The zero-order chi connectivity index (χ0) is 11.4. The number of hydrogen-bond donors (Lipinski definition) is 3. The van der Waals surface area contributed by atoms with Crippen molar-refractivity contribution in [3.8, 4) is 0 Å². The molecule has 0 radical (unpaired) electrons. The summed E-state index contributed by atoms with van der Waals surface area (Å²) in [5.41, 5.74) is 9.25. The van der Waals surface area contributed by atoms with Crippen LogP contribution in [0.1, 0.15) is 5.56 Å². The van der Waals surface area contributed by atoms with E-state index in [-0.39, 0.29) is 25.1 Å². The molecule has 0 saturated heterocycles. The van der Waals surface area contributed by atoms with Crippen LogP contribution in [0.2, 0.25) is 0 Å². The van der Waals surface area contributed by atoms with Crippen molar-refractivity contribution in [2.24, 2.45) is 5.73 Å². The average Bonchev–Trinajstić information content (AvgIpc) is 2.74. The summed E-state index contributed by atoms with van der Waals surface area (Å²) in [5.74, 6) is 0.298. The van der Waals surface area contributed by atoms with Gasteiger partial charge in [-0.05, 0) is 12.0 Å². The molecule has 1 heterocycles. The molecule has 1 aromatic carbocycles. The first-order valence-corrected chi connectivity index (χ1v) is 5.12. The summed E-state index contributed by atoms with van der Waals surface area (Å²) in [6.45, 7) is 0.0229. The molecule has 5 nitrogen and oxygen atoms in total. The van der Waals surface area contributed by atoms with Crippen molar-refractivity contribution in [2.45, 2.75) is 12.5 Å². The van der Waals surface area contributed by atoms with Crippen molar-refractivity contribution in [2.75, 3.05) is 6.61 Å². The van der Waals surface area contributed by atoms with E-state index in [4.69, 9.17) is 10.6 Å². The van der Waals surface area contributed by atoms with E-state index in [0.29, 0.717) is 5.88 Å². The number of aliphatic hydroxyl groups is 1. The van der Waals surface area contributed by atoms with Crippen LogP contribution in [0.5, 0.6) is 0 Å². The third-order valence-corrected chi connectivity index (χ3v) is 2.45. The van der Waals surface area contributed by atoms with Crippen LogP contribution in [0.15, 0.2) is 42.4 Å². The van der Waals surface area contributed by atoms with E-state index in [1.807, 2.05) is 30.3 Å². The Bertz CT molecular complexity index is 372. The van der Waals surface area contributed by atoms with Gasteiger partial charge in [0.05, 0.1) is 18.8 Å². The third-order valence-electron chi connectivity index (χ3n) is 2.45. The van der Waals surface area contributed by atoms with E-state index in [0.717, 1.165) is 12.0 Å². The summed E-state index contributed by atoms with van der Waals surface area (Å²) >= 11 is 0. The second-order valence-corrected chi connectivity index (χ2v) is 3.66. The molecular weight excluding hydrogens is 242 g/mol. The molecule has 1 aliphatic heterocycles. The minimum absolute atomic E-state index is 0. The molecule has 0 amide bonds. The van der Waals surface area contributed by atoms with Gasteiger partial charge in [-0.2, -0.15) is 0 Å². The molecule has 6 heteroatoms. The predicted octanol–water partition coefficient (Wildman–Crippen LogP) is 0.521. The molecule has 1 atom stereocenters. The fourth-order valence-electron chi connectivity index (χ4n) is 1.61. The highest BCUT2D eigenvalue weighted by atomic mass is 35.5. The molecule has 17 heavy (non-hydrogen) atoms. The van der Waals surface area contributed by atoms with E-state index in [1.165, 1.54) is 0 Å². The molecule has 1 unspecified atom stereocenters. The number of nitrogens with zero attached hydrogens (tertiary/aromatic N) is 1. The van der Waals surface area contributed by atoms with Gasteiger partial charge in [0.15, 0.2) is 0 Å². The monoisotopic (exact) mass is 257 g/mol. The maximum Gasteiger partial charge on any atom is 0.229 e. The Labute approximate surface area is 106 Å². The maximum atomic E-state index is 9.33. The van der Waals surface area contributed by atoms with E-state index >= 15 is 0 Å². The molecule has 0 bridgehead atoms. The van der Waals surface area contributed by atoms with E-state index in [1.54, 1.807) is 11.2 Å². The van der Waals surface area contributed by atoms with E-state index in [9.17, 15) is 5.11 Å². The average molecular weight is 258 g/mol. The highest BCUT2D eigenvalue weighted by Crippen LogP contribution is 2.11. The Morgan fingerprint density at radius 1 is 1.35 bits per heavy atom.